The summed E-state index contributed by atoms with van der Waals surface area (Å²) < 4.78 is 25.5. The highest BCUT2D eigenvalue weighted by Crippen LogP contribution is 2.36. The molecule has 1 aliphatic carbocycles. The van der Waals surface area contributed by atoms with E-state index < -0.39 is 20.0 Å². The number of non-ortho nitro benzene ring substituents is 1. The minimum Gasteiger partial charge on any atom is -0.341 e. The van der Waals surface area contributed by atoms with Gasteiger partial charge in [0.05, 0.1) is 9.82 Å². The highest BCUT2D eigenvalue weighted by Gasteiger charge is 2.38. The van der Waals surface area contributed by atoms with Gasteiger partial charge in [-0.15, -0.1) is 0 Å². The SMILES string of the molecule is C[C@H](C(=O)N1CC[C@H]2CCCC[C@@H]2C1)S(=O)(=O)c1ccc([N+](=O)[O-])cc1. The second-order valence-corrected chi connectivity index (χ2v) is 9.58. The number of nitro benzene ring substituents is 1. The molecule has 1 aliphatic heterocycles. The molecule has 3 rings (SSSR count). The van der Waals surface area contributed by atoms with Crippen molar-refractivity contribution in [3.05, 3.63) is 34.4 Å². The third-order valence-electron chi connectivity index (χ3n) is 5.79. The molecule has 0 spiro atoms. The van der Waals surface area contributed by atoms with Crippen LogP contribution in [0, 0.1) is 22.0 Å². The second kappa shape index (κ2) is 7.34. The fourth-order valence-corrected chi connectivity index (χ4v) is 5.49. The molecular formula is C18H24N2O5S. The Balaban J connectivity index is 1.73. The molecule has 3 atom stereocenters. The summed E-state index contributed by atoms with van der Waals surface area (Å²) in [5.74, 6) is 0.775. The Kier molecular flexibility index (Phi) is 5.32. The number of likely N-dealkylation sites (tertiary alicyclic amines) is 1. The first-order valence-electron chi connectivity index (χ1n) is 9.08. The molecular weight excluding hydrogens is 356 g/mol. The second-order valence-electron chi connectivity index (χ2n) is 7.32. The van der Waals surface area contributed by atoms with Crippen LogP contribution in [0.3, 0.4) is 0 Å². The summed E-state index contributed by atoms with van der Waals surface area (Å²) in [6, 6.07) is 4.70. The van der Waals surface area contributed by atoms with Crippen molar-refractivity contribution in [1.82, 2.24) is 4.90 Å². The van der Waals surface area contributed by atoms with Gasteiger partial charge in [0.1, 0.15) is 5.25 Å². The van der Waals surface area contributed by atoms with Crippen LogP contribution in [0.15, 0.2) is 29.2 Å². The van der Waals surface area contributed by atoms with Crippen LogP contribution in [0.25, 0.3) is 0 Å². The number of nitrogens with zero attached hydrogens (tertiary/aromatic N) is 2. The molecule has 0 aromatic heterocycles. The molecule has 8 heteroatoms. The third-order valence-corrected chi connectivity index (χ3v) is 7.85. The monoisotopic (exact) mass is 380 g/mol. The summed E-state index contributed by atoms with van der Waals surface area (Å²) in [7, 11) is -3.87. The minimum atomic E-state index is -3.87. The van der Waals surface area contributed by atoms with Crippen LogP contribution in [0.4, 0.5) is 5.69 Å². The molecule has 26 heavy (non-hydrogen) atoms. The van der Waals surface area contributed by atoms with Crippen LogP contribution < -0.4 is 0 Å². The van der Waals surface area contributed by atoms with Gasteiger partial charge < -0.3 is 4.90 Å². The highest BCUT2D eigenvalue weighted by atomic mass is 32.2. The van der Waals surface area contributed by atoms with Gasteiger partial charge in [-0.25, -0.2) is 8.42 Å². The van der Waals surface area contributed by atoms with E-state index in [2.05, 4.69) is 0 Å². The van der Waals surface area contributed by atoms with E-state index in [9.17, 15) is 23.3 Å². The Hall–Kier alpha value is -1.96. The number of hydrogen-bond acceptors (Lipinski definition) is 5. The molecule has 1 saturated heterocycles. The van der Waals surface area contributed by atoms with Crippen LogP contribution in [0.1, 0.15) is 39.0 Å². The lowest BCUT2D eigenvalue weighted by Gasteiger charge is -2.41. The Bertz CT molecular complexity index is 790. The molecule has 1 amide bonds. The van der Waals surface area contributed by atoms with Crippen molar-refractivity contribution in [3.8, 4) is 0 Å². The molecule has 1 saturated carbocycles. The van der Waals surface area contributed by atoms with Gasteiger partial charge in [-0.1, -0.05) is 19.3 Å². The van der Waals surface area contributed by atoms with Crippen LogP contribution in [0.2, 0.25) is 0 Å². The van der Waals surface area contributed by atoms with Gasteiger partial charge in [0.25, 0.3) is 5.69 Å². The molecule has 0 radical (unpaired) electrons. The summed E-state index contributed by atoms with van der Waals surface area (Å²) in [5.41, 5.74) is -0.178. The molecule has 0 N–H and O–H groups in total. The van der Waals surface area contributed by atoms with Gasteiger partial charge in [-0.3, -0.25) is 14.9 Å². The Morgan fingerprint density at radius 1 is 1.15 bits per heavy atom. The molecule has 142 valence electrons. The number of rotatable bonds is 4. The molecule has 1 aromatic rings. The summed E-state index contributed by atoms with van der Waals surface area (Å²) in [4.78, 5) is 24.6. The zero-order valence-electron chi connectivity index (χ0n) is 14.8. The normalized spacial score (nSPS) is 24.6. The fraction of sp³-hybridized carbons (Fsp3) is 0.611. The molecule has 2 fully saturated rings. The van der Waals surface area contributed by atoms with E-state index >= 15 is 0 Å². The van der Waals surface area contributed by atoms with Crippen molar-refractivity contribution in [2.45, 2.75) is 49.2 Å². The molecule has 0 unspecified atom stereocenters. The summed E-state index contributed by atoms with van der Waals surface area (Å²) >= 11 is 0. The van der Waals surface area contributed by atoms with Crippen molar-refractivity contribution in [2.75, 3.05) is 13.1 Å². The predicted molar refractivity (Wildman–Crippen MR) is 96.4 cm³/mol. The van der Waals surface area contributed by atoms with Gasteiger partial charge in [0.15, 0.2) is 9.84 Å². The Morgan fingerprint density at radius 2 is 1.77 bits per heavy atom. The van der Waals surface area contributed by atoms with Gasteiger partial charge in [0, 0.05) is 25.2 Å². The van der Waals surface area contributed by atoms with Crippen molar-refractivity contribution < 1.29 is 18.1 Å². The maximum atomic E-state index is 12.8. The number of carbonyl (C=O) groups is 1. The zero-order chi connectivity index (χ0) is 18.9. The molecule has 7 nitrogen and oxygen atoms in total. The van der Waals surface area contributed by atoms with E-state index in [-0.39, 0.29) is 16.5 Å². The van der Waals surface area contributed by atoms with Crippen LogP contribution in [-0.4, -0.2) is 42.5 Å². The molecule has 0 bridgehead atoms. The van der Waals surface area contributed by atoms with Crippen LogP contribution >= 0.6 is 0 Å². The average molecular weight is 380 g/mol. The van der Waals surface area contributed by atoms with E-state index in [0.29, 0.717) is 24.9 Å². The van der Waals surface area contributed by atoms with Crippen molar-refractivity contribution in [1.29, 1.82) is 0 Å². The maximum absolute atomic E-state index is 12.8. The Morgan fingerprint density at radius 3 is 2.38 bits per heavy atom. The first kappa shape index (κ1) is 18.8. The van der Waals surface area contributed by atoms with E-state index in [1.54, 1.807) is 4.90 Å². The number of nitro groups is 1. The number of piperidine rings is 1. The van der Waals surface area contributed by atoms with Crippen molar-refractivity contribution in [2.24, 2.45) is 11.8 Å². The first-order chi connectivity index (χ1) is 12.3. The number of amides is 1. The van der Waals surface area contributed by atoms with Crippen molar-refractivity contribution in [3.63, 3.8) is 0 Å². The first-order valence-corrected chi connectivity index (χ1v) is 10.6. The maximum Gasteiger partial charge on any atom is 0.269 e. The lowest BCUT2D eigenvalue weighted by atomic mass is 9.75. The topological polar surface area (TPSA) is 97.6 Å². The van der Waals surface area contributed by atoms with E-state index in [4.69, 9.17) is 0 Å². The number of fused-ring (bicyclic) bond motifs is 1. The number of sulfone groups is 1. The summed E-state index contributed by atoms with van der Waals surface area (Å²) in [5, 5.41) is 9.53. The number of benzene rings is 1. The van der Waals surface area contributed by atoms with Crippen molar-refractivity contribution >= 4 is 21.4 Å². The fourth-order valence-electron chi connectivity index (χ4n) is 4.15. The average Bonchev–Trinajstić information content (AvgIpc) is 2.66. The molecule has 2 aliphatic rings. The standard InChI is InChI=1S/C18H24N2O5S/c1-13(26(24,25)17-8-6-16(7-9-17)20(22)23)18(21)19-11-10-14-4-2-3-5-15(14)12-19/h6-9,13-15H,2-5,10-12H2,1H3/t13-,14-,15-/m1/s1. The summed E-state index contributed by atoms with van der Waals surface area (Å²) in [6.45, 7) is 2.66. The summed E-state index contributed by atoms with van der Waals surface area (Å²) in [6.07, 6.45) is 5.70. The molecule has 1 aromatic carbocycles. The van der Waals surface area contributed by atoms with E-state index in [0.717, 1.165) is 25.0 Å². The lowest BCUT2D eigenvalue weighted by molar-refractivity contribution is -0.384. The Labute approximate surface area is 153 Å². The van der Waals surface area contributed by atoms with Crippen LogP contribution in [0.5, 0.6) is 0 Å². The van der Waals surface area contributed by atoms with Gasteiger partial charge in [-0.05, 0) is 43.7 Å². The third kappa shape index (κ3) is 3.60. The van der Waals surface area contributed by atoms with Gasteiger partial charge in [-0.2, -0.15) is 0 Å². The molecule has 1 heterocycles. The zero-order valence-corrected chi connectivity index (χ0v) is 15.7. The lowest BCUT2D eigenvalue weighted by Crippen LogP contribution is -2.49. The quantitative estimate of drug-likeness (QED) is 0.591. The van der Waals surface area contributed by atoms with Crippen LogP contribution in [-0.2, 0) is 14.6 Å². The van der Waals surface area contributed by atoms with E-state index in [1.807, 2.05) is 0 Å². The largest absolute Gasteiger partial charge is 0.341 e. The smallest absolute Gasteiger partial charge is 0.269 e. The van der Waals surface area contributed by atoms with Gasteiger partial charge >= 0.3 is 0 Å². The number of hydrogen-bond donors (Lipinski definition) is 0. The highest BCUT2D eigenvalue weighted by molar-refractivity contribution is 7.92. The number of carbonyl (C=O) groups excluding carboxylic acids is 1. The van der Waals surface area contributed by atoms with Gasteiger partial charge in [0.2, 0.25) is 5.91 Å². The predicted octanol–water partition coefficient (Wildman–Crippen LogP) is 2.80. The minimum absolute atomic E-state index is 0.0588. The van der Waals surface area contributed by atoms with E-state index in [1.165, 1.54) is 38.3 Å².